The van der Waals surface area contributed by atoms with Crippen LogP contribution < -0.4 is 11.1 Å². The number of hydrogen-bond acceptors (Lipinski definition) is 5. The highest BCUT2D eigenvalue weighted by Crippen LogP contribution is 2.26. The van der Waals surface area contributed by atoms with Gasteiger partial charge >= 0.3 is 0 Å². The summed E-state index contributed by atoms with van der Waals surface area (Å²) in [5.74, 6) is 1.42. The molecule has 1 aromatic carbocycles. The van der Waals surface area contributed by atoms with Gasteiger partial charge in [-0.1, -0.05) is 18.2 Å². The van der Waals surface area contributed by atoms with Gasteiger partial charge in [0.25, 0.3) is 0 Å². The van der Waals surface area contributed by atoms with Crippen molar-refractivity contribution < 1.29 is 4.74 Å². The van der Waals surface area contributed by atoms with Crippen molar-refractivity contribution >= 4 is 22.7 Å². The maximum absolute atomic E-state index is 5.88. The highest BCUT2D eigenvalue weighted by molar-refractivity contribution is 5.84. The Morgan fingerprint density at radius 1 is 1.32 bits per heavy atom. The van der Waals surface area contributed by atoms with Crippen LogP contribution >= 0.6 is 0 Å². The quantitative estimate of drug-likeness (QED) is 0.666. The van der Waals surface area contributed by atoms with E-state index in [1.807, 2.05) is 6.07 Å². The lowest BCUT2D eigenvalue weighted by Crippen LogP contribution is -2.11. The normalized spacial score (nSPS) is 17.2. The predicted molar refractivity (Wildman–Crippen MR) is 99.9 cm³/mol. The molecule has 1 atom stereocenters. The third-order valence-electron chi connectivity index (χ3n) is 4.82. The van der Waals surface area contributed by atoms with Gasteiger partial charge in [0.15, 0.2) is 0 Å². The Balaban J connectivity index is 1.47. The Kier molecular flexibility index (Phi) is 4.28. The van der Waals surface area contributed by atoms with Gasteiger partial charge in [0.2, 0.25) is 5.95 Å². The first-order valence-electron chi connectivity index (χ1n) is 8.73. The van der Waals surface area contributed by atoms with Crippen molar-refractivity contribution in [3.05, 3.63) is 47.3 Å². The van der Waals surface area contributed by atoms with Crippen LogP contribution in [0.5, 0.6) is 0 Å². The number of benzene rings is 1. The summed E-state index contributed by atoms with van der Waals surface area (Å²) < 4.78 is 5.45. The standard InChI is InChI=1S/C19H23N5O/c1-12-14(15-4-2-3-5-16(15)22-12)6-8-21-18-10-17(23-19(20)24-18)13-7-9-25-11-13/h2-5,10,13,22H,6-9,11H2,1H3,(H3,20,21,23,24). The number of nitrogens with two attached hydrogens (primary N) is 1. The third-order valence-corrected chi connectivity index (χ3v) is 4.82. The van der Waals surface area contributed by atoms with Gasteiger partial charge in [0.1, 0.15) is 5.82 Å². The minimum atomic E-state index is 0.315. The molecule has 1 fully saturated rings. The molecule has 130 valence electrons. The van der Waals surface area contributed by atoms with Crippen LogP contribution in [0.25, 0.3) is 10.9 Å². The number of rotatable bonds is 5. The number of hydrogen-bond donors (Lipinski definition) is 3. The Morgan fingerprint density at radius 3 is 3.04 bits per heavy atom. The number of para-hydroxylation sites is 1. The first-order chi connectivity index (χ1) is 12.2. The van der Waals surface area contributed by atoms with E-state index in [1.165, 1.54) is 22.2 Å². The Bertz CT molecular complexity index is 883. The minimum Gasteiger partial charge on any atom is -0.381 e. The van der Waals surface area contributed by atoms with E-state index in [9.17, 15) is 0 Å². The molecule has 0 radical (unpaired) electrons. The largest absolute Gasteiger partial charge is 0.381 e. The molecule has 0 amide bonds. The van der Waals surface area contributed by atoms with Gasteiger partial charge in [0, 0.05) is 41.7 Å². The third kappa shape index (κ3) is 3.30. The summed E-state index contributed by atoms with van der Waals surface area (Å²) in [4.78, 5) is 12.1. The van der Waals surface area contributed by atoms with Crippen molar-refractivity contribution in [2.75, 3.05) is 30.8 Å². The first-order valence-corrected chi connectivity index (χ1v) is 8.73. The zero-order valence-corrected chi connectivity index (χ0v) is 14.4. The van der Waals surface area contributed by atoms with E-state index >= 15 is 0 Å². The molecule has 3 aromatic rings. The molecule has 2 aromatic heterocycles. The number of anilines is 2. The summed E-state index contributed by atoms with van der Waals surface area (Å²) in [7, 11) is 0. The van der Waals surface area contributed by atoms with Crippen LogP contribution in [0, 0.1) is 6.92 Å². The molecular formula is C19H23N5O. The lowest BCUT2D eigenvalue weighted by Gasteiger charge is -2.11. The zero-order valence-electron chi connectivity index (χ0n) is 14.4. The SMILES string of the molecule is Cc1[nH]c2ccccc2c1CCNc1cc(C2CCOC2)nc(N)n1. The van der Waals surface area contributed by atoms with Gasteiger partial charge in [-0.15, -0.1) is 0 Å². The maximum Gasteiger partial charge on any atom is 0.222 e. The van der Waals surface area contributed by atoms with E-state index in [0.717, 1.165) is 37.5 Å². The van der Waals surface area contributed by atoms with Crippen molar-refractivity contribution in [1.29, 1.82) is 0 Å². The van der Waals surface area contributed by atoms with Crippen molar-refractivity contribution in [2.45, 2.75) is 25.7 Å². The van der Waals surface area contributed by atoms with Crippen LogP contribution in [-0.2, 0) is 11.2 Å². The van der Waals surface area contributed by atoms with Crippen molar-refractivity contribution in [1.82, 2.24) is 15.0 Å². The lowest BCUT2D eigenvalue weighted by molar-refractivity contribution is 0.193. The van der Waals surface area contributed by atoms with Crippen molar-refractivity contribution in [2.24, 2.45) is 0 Å². The van der Waals surface area contributed by atoms with Gasteiger partial charge in [-0.3, -0.25) is 0 Å². The molecule has 3 heterocycles. The van der Waals surface area contributed by atoms with Crippen LogP contribution in [0.15, 0.2) is 30.3 Å². The minimum absolute atomic E-state index is 0.315. The highest BCUT2D eigenvalue weighted by atomic mass is 16.5. The molecule has 0 bridgehead atoms. The van der Waals surface area contributed by atoms with Gasteiger partial charge < -0.3 is 20.8 Å². The average molecular weight is 337 g/mol. The molecule has 4 N–H and O–H groups in total. The number of nitrogen functional groups attached to an aromatic ring is 1. The molecular weight excluding hydrogens is 314 g/mol. The second-order valence-electron chi connectivity index (χ2n) is 6.55. The fourth-order valence-corrected chi connectivity index (χ4v) is 3.53. The van der Waals surface area contributed by atoms with E-state index in [0.29, 0.717) is 18.5 Å². The summed E-state index contributed by atoms with van der Waals surface area (Å²) >= 11 is 0. The summed E-state index contributed by atoms with van der Waals surface area (Å²) in [6, 6.07) is 10.4. The number of aromatic nitrogens is 3. The Hall–Kier alpha value is -2.60. The van der Waals surface area contributed by atoms with E-state index in [1.54, 1.807) is 0 Å². The summed E-state index contributed by atoms with van der Waals surface area (Å²) in [6.45, 7) is 4.41. The molecule has 25 heavy (non-hydrogen) atoms. The predicted octanol–water partition coefficient (Wildman–Crippen LogP) is 3.01. The van der Waals surface area contributed by atoms with Gasteiger partial charge in [-0.05, 0) is 31.4 Å². The monoisotopic (exact) mass is 337 g/mol. The maximum atomic E-state index is 5.88. The van der Waals surface area contributed by atoms with Gasteiger partial charge in [-0.2, -0.15) is 4.98 Å². The average Bonchev–Trinajstić information content (AvgIpc) is 3.23. The van der Waals surface area contributed by atoms with Crippen LogP contribution in [0.4, 0.5) is 11.8 Å². The molecule has 0 spiro atoms. The van der Waals surface area contributed by atoms with E-state index < -0.39 is 0 Å². The van der Waals surface area contributed by atoms with Crippen molar-refractivity contribution in [3.8, 4) is 0 Å². The van der Waals surface area contributed by atoms with E-state index in [4.69, 9.17) is 10.5 Å². The molecule has 6 nitrogen and oxygen atoms in total. The summed E-state index contributed by atoms with van der Waals surface area (Å²) in [6.07, 6.45) is 1.91. The smallest absolute Gasteiger partial charge is 0.222 e. The van der Waals surface area contributed by atoms with Gasteiger partial charge in [-0.25, -0.2) is 4.98 Å². The van der Waals surface area contributed by atoms with E-state index in [2.05, 4.69) is 51.5 Å². The molecule has 1 aliphatic rings. The lowest BCUT2D eigenvalue weighted by atomic mass is 10.0. The number of fused-ring (bicyclic) bond motifs is 1. The second kappa shape index (κ2) is 6.72. The number of aryl methyl sites for hydroxylation is 1. The van der Waals surface area contributed by atoms with Crippen LogP contribution in [-0.4, -0.2) is 34.7 Å². The molecule has 4 rings (SSSR count). The zero-order chi connectivity index (χ0) is 17.2. The topological polar surface area (TPSA) is 88.8 Å². The van der Waals surface area contributed by atoms with Crippen molar-refractivity contribution in [3.63, 3.8) is 0 Å². The molecule has 6 heteroatoms. The first kappa shape index (κ1) is 15.9. The molecule has 1 unspecified atom stereocenters. The van der Waals surface area contributed by atoms with E-state index in [-0.39, 0.29) is 0 Å². The second-order valence-corrected chi connectivity index (χ2v) is 6.55. The Morgan fingerprint density at radius 2 is 2.20 bits per heavy atom. The van der Waals surface area contributed by atoms with Crippen LogP contribution in [0.2, 0.25) is 0 Å². The molecule has 0 saturated carbocycles. The number of H-pyrrole nitrogens is 1. The van der Waals surface area contributed by atoms with Gasteiger partial charge in [0.05, 0.1) is 12.3 Å². The number of ether oxygens (including phenoxy) is 1. The number of nitrogens with zero attached hydrogens (tertiary/aromatic N) is 2. The fourth-order valence-electron chi connectivity index (χ4n) is 3.53. The molecule has 0 aliphatic carbocycles. The summed E-state index contributed by atoms with van der Waals surface area (Å²) in [5.41, 5.74) is 10.6. The molecule has 1 aliphatic heterocycles. The summed E-state index contributed by atoms with van der Waals surface area (Å²) in [5, 5.41) is 4.68. The highest BCUT2D eigenvalue weighted by Gasteiger charge is 2.20. The van der Waals surface area contributed by atoms with Crippen LogP contribution in [0.3, 0.4) is 0 Å². The fraction of sp³-hybridized carbons (Fsp3) is 0.368. The number of aromatic amines is 1. The van der Waals surface area contributed by atoms with Crippen LogP contribution in [0.1, 0.15) is 29.3 Å². The Labute approximate surface area is 146 Å². The molecule has 1 saturated heterocycles. The number of nitrogens with one attached hydrogen (secondary N) is 2.